The lowest BCUT2D eigenvalue weighted by molar-refractivity contribution is 0.182. The van der Waals surface area contributed by atoms with Crippen molar-refractivity contribution in [3.8, 4) is 0 Å². The lowest BCUT2D eigenvalue weighted by atomic mass is 9.92. The molecule has 0 heterocycles. The van der Waals surface area contributed by atoms with Gasteiger partial charge in [0.2, 0.25) is 0 Å². The fourth-order valence-corrected chi connectivity index (χ4v) is 5.85. The molecule has 0 saturated heterocycles. The van der Waals surface area contributed by atoms with Gasteiger partial charge < -0.3 is 8.85 Å². The second-order valence-corrected chi connectivity index (χ2v) is 8.27. The maximum atomic E-state index is 6.03. The zero-order valence-electron chi connectivity index (χ0n) is 12.0. The maximum absolute atomic E-state index is 6.03. The van der Waals surface area contributed by atoms with Crippen LogP contribution in [0, 0.1) is 5.92 Å². The molecule has 0 bridgehead atoms. The van der Waals surface area contributed by atoms with Gasteiger partial charge in [0.1, 0.15) is 0 Å². The zero-order chi connectivity index (χ0) is 13.3. The van der Waals surface area contributed by atoms with Crippen molar-refractivity contribution in [3.05, 3.63) is 24.8 Å². The van der Waals surface area contributed by atoms with Crippen LogP contribution in [0.15, 0.2) is 24.8 Å². The van der Waals surface area contributed by atoms with E-state index in [-0.39, 0.29) is 0 Å². The van der Waals surface area contributed by atoms with Crippen molar-refractivity contribution in [1.82, 2.24) is 0 Å². The van der Waals surface area contributed by atoms with Gasteiger partial charge in [-0.05, 0) is 51.5 Å². The molecule has 18 heavy (non-hydrogen) atoms. The quantitative estimate of drug-likeness (QED) is 0.455. The molecule has 0 amide bonds. The highest BCUT2D eigenvalue weighted by atomic mass is 28.4. The first kappa shape index (κ1) is 15.7. The van der Waals surface area contributed by atoms with Gasteiger partial charge in [-0.3, -0.25) is 0 Å². The van der Waals surface area contributed by atoms with Crippen molar-refractivity contribution in [2.24, 2.45) is 5.92 Å². The Labute approximate surface area is 113 Å². The molecule has 1 unspecified atom stereocenters. The molecule has 104 valence electrons. The van der Waals surface area contributed by atoms with E-state index in [9.17, 15) is 0 Å². The summed E-state index contributed by atoms with van der Waals surface area (Å²) < 4.78 is 12.1. The summed E-state index contributed by atoms with van der Waals surface area (Å²) in [6, 6.07) is 2.02. The van der Waals surface area contributed by atoms with Crippen molar-refractivity contribution >= 4 is 8.56 Å². The van der Waals surface area contributed by atoms with Crippen LogP contribution in [-0.4, -0.2) is 21.8 Å². The van der Waals surface area contributed by atoms with Gasteiger partial charge in [0, 0.05) is 19.3 Å². The van der Waals surface area contributed by atoms with Crippen molar-refractivity contribution in [1.29, 1.82) is 0 Å². The number of hydrogen-bond acceptors (Lipinski definition) is 2. The second kappa shape index (κ2) is 8.67. The molecule has 0 fully saturated rings. The van der Waals surface area contributed by atoms with E-state index in [1.807, 2.05) is 6.08 Å². The van der Waals surface area contributed by atoms with E-state index in [2.05, 4.69) is 32.6 Å². The van der Waals surface area contributed by atoms with Gasteiger partial charge in [-0.1, -0.05) is 18.2 Å². The molecule has 0 N–H and O–H groups in total. The average molecular weight is 268 g/mol. The third-order valence-corrected chi connectivity index (χ3v) is 7.17. The highest BCUT2D eigenvalue weighted by molar-refractivity contribution is 6.67. The molecule has 2 nitrogen and oxygen atoms in total. The molecular weight excluding hydrogens is 240 g/mol. The maximum Gasteiger partial charge on any atom is 0.342 e. The minimum atomic E-state index is -2.02. The van der Waals surface area contributed by atoms with Crippen molar-refractivity contribution < 1.29 is 8.85 Å². The Morgan fingerprint density at radius 2 is 2.00 bits per heavy atom. The SMILES string of the molecule is C=CC[Si](CCC1CC=CCC1)(OCC)OCC. The fraction of sp³-hybridized carbons (Fsp3) is 0.733. The standard InChI is InChI=1S/C15H28O2Si/c1-4-13-18(16-5-2,17-6-3)14-12-15-10-8-7-9-11-15/h4,7-8,15H,1,5-6,9-14H2,2-3H3. The lowest BCUT2D eigenvalue weighted by Crippen LogP contribution is -2.42. The molecule has 0 saturated carbocycles. The molecule has 3 heteroatoms. The van der Waals surface area contributed by atoms with Gasteiger partial charge in [-0.15, -0.1) is 6.58 Å². The summed E-state index contributed by atoms with van der Waals surface area (Å²) in [6.45, 7) is 9.50. The van der Waals surface area contributed by atoms with Crippen LogP contribution < -0.4 is 0 Å². The van der Waals surface area contributed by atoms with E-state index in [1.165, 1.54) is 25.7 Å². The Balaban J connectivity index is 2.52. The van der Waals surface area contributed by atoms with Gasteiger partial charge in [-0.25, -0.2) is 0 Å². The first-order valence-electron chi connectivity index (χ1n) is 7.30. The minimum absolute atomic E-state index is 0.755. The molecular formula is C15H28O2Si. The monoisotopic (exact) mass is 268 g/mol. The van der Waals surface area contributed by atoms with Crippen LogP contribution >= 0.6 is 0 Å². The van der Waals surface area contributed by atoms with Crippen LogP contribution in [0.5, 0.6) is 0 Å². The molecule has 1 aliphatic carbocycles. The van der Waals surface area contributed by atoms with Gasteiger partial charge in [-0.2, -0.15) is 0 Å². The number of hydrogen-bond donors (Lipinski definition) is 0. The molecule has 1 rings (SSSR count). The molecule has 1 atom stereocenters. The van der Waals surface area contributed by atoms with E-state index in [1.54, 1.807) is 0 Å². The van der Waals surface area contributed by atoms with Crippen LogP contribution in [0.3, 0.4) is 0 Å². The Hall–Kier alpha value is -0.383. The van der Waals surface area contributed by atoms with Gasteiger partial charge >= 0.3 is 8.56 Å². The smallest absolute Gasteiger partial charge is 0.342 e. The van der Waals surface area contributed by atoms with Crippen LogP contribution in [0.1, 0.15) is 39.5 Å². The van der Waals surface area contributed by atoms with Gasteiger partial charge in [0.15, 0.2) is 0 Å². The highest BCUT2D eigenvalue weighted by Crippen LogP contribution is 2.29. The second-order valence-electron chi connectivity index (χ2n) is 4.96. The fourth-order valence-electron chi connectivity index (χ4n) is 2.69. The molecule has 0 aliphatic heterocycles. The Bertz CT molecular complexity index is 257. The number of allylic oxidation sites excluding steroid dienone is 3. The predicted octanol–water partition coefficient (Wildman–Crippen LogP) is 4.43. The Morgan fingerprint density at radius 3 is 2.50 bits per heavy atom. The Morgan fingerprint density at radius 1 is 1.28 bits per heavy atom. The highest BCUT2D eigenvalue weighted by Gasteiger charge is 2.36. The summed E-state index contributed by atoms with van der Waals surface area (Å²) in [4.78, 5) is 0. The first-order chi connectivity index (χ1) is 8.76. The first-order valence-corrected chi connectivity index (χ1v) is 9.53. The van der Waals surface area contributed by atoms with Crippen molar-refractivity contribution in [2.45, 2.75) is 51.6 Å². The summed E-state index contributed by atoms with van der Waals surface area (Å²) >= 11 is 0. The molecule has 0 aromatic heterocycles. The molecule has 0 aromatic carbocycles. The van der Waals surface area contributed by atoms with Crippen molar-refractivity contribution in [2.75, 3.05) is 13.2 Å². The van der Waals surface area contributed by atoms with Gasteiger partial charge in [0.05, 0.1) is 0 Å². The van der Waals surface area contributed by atoms with E-state index < -0.39 is 8.56 Å². The lowest BCUT2D eigenvalue weighted by Gasteiger charge is -2.31. The average Bonchev–Trinajstić information content (AvgIpc) is 2.39. The Kier molecular flexibility index (Phi) is 7.55. The van der Waals surface area contributed by atoms with E-state index in [0.29, 0.717) is 0 Å². The summed E-state index contributed by atoms with van der Waals surface area (Å²) in [5.74, 6) is 0.826. The van der Waals surface area contributed by atoms with E-state index in [4.69, 9.17) is 8.85 Å². The zero-order valence-corrected chi connectivity index (χ0v) is 13.0. The van der Waals surface area contributed by atoms with Gasteiger partial charge in [0.25, 0.3) is 0 Å². The summed E-state index contributed by atoms with van der Waals surface area (Å²) in [6.07, 6.45) is 11.6. The minimum Gasteiger partial charge on any atom is -0.394 e. The van der Waals surface area contributed by atoms with E-state index >= 15 is 0 Å². The summed E-state index contributed by atoms with van der Waals surface area (Å²) in [5, 5.41) is 0. The topological polar surface area (TPSA) is 18.5 Å². The summed E-state index contributed by atoms with van der Waals surface area (Å²) in [7, 11) is -2.02. The summed E-state index contributed by atoms with van der Waals surface area (Å²) in [5.41, 5.74) is 0. The number of rotatable bonds is 9. The van der Waals surface area contributed by atoms with E-state index in [0.717, 1.165) is 31.2 Å². The van der Waals surface area contributed by atoms with Crippen LogP contribution in [-0.2, 0) is 8.85 Å². The predicted molar refractivity (Wildman–Crippen MR) is 79.9 cm³/mol. The van der Waals surface area contributed by atoms with Crippen LogP contribution in [0.25, 0.3) is 0 Å². The molecule has 0 radical (unpaired) electrons. The van der Waals surface area contributed by atoms with Crippen LogP contribution in [0.4, 0.5) is 0 Å². The molecule has 1 aliphatic rings. The van der Waals surface area contributed by atoms with Crippen molar-refractivity contribution in [3.63, 3.8) is 0 Å². The van der Waals surface area contributed by atoms with Crippen LogP contribution in [0.2, 0.25) is 12.1 Å². The third kappa shape index (κ3) is 5.08. The third-order valence-electron chi connectivity index (χ3n) is 3.58. The molecule has 0 aromatic rings. The molecule has 0 spiro atoms. The normalized spacial score (nSPS) is 20.0. The largest absolute Gasteiger partial charge is 0.394 e.